The number of rotatable bonds is 6. The van der Waals surface area contributed by atoms with Crippen LogP contribution in [0, 0.1) is 17.1 Å². The number of benzene rings is 1. The van der Waals surface area contributed by atoms with Gasteiger partial charge in [-0.2, -0.15) is 0 Å². The van der Waals surface area contributed by atoms with Gasteiger partial charge in [0.1, 0.15) is 17.3 Å². The molecule has 7 heteroatoms. The topological polar surface area (TPSA) is 78.3 Å². The minimum atomic E-state index is -0.327. The van der Waals surface area contributed by atoms with Gasteiger partial charge in [0, 0.05) is 24.5 Å². The van der Waals surface area contributed by atoms with Gasteiger partial charge < -0.3 is 20.4 Å². The van der Waals surface area contributed by atoms with E-state index in [1.54, 1.807) is 18.2 Å². The molecule has 0 unspecified atom stereocenters. The highest BCUT2D eigenvalue weighted by Crippen LogP contribution is 2.40. The van der Waals surface area contributed by atoms with Crippen molar-refractivity contribution in [1.82, 2.24) is 4.98 Å². The fourth-order valence-electron chi connectivity index (χ4n) is 4.12. The lowest BCUT2D eigenvalue weighted by atomic mass is 9.84. The van der Waals surface area contributed by atoms with Crippen LogP contribution in [0.15, 0.2) is 30.3 Å². The average Bonchev–Trinajstić information content (AvgIpc) is 2.73. The van der Waals surface area contributed by atoms with E-state index in [0.717, 1.165) is 50.9 Å². The first-order valence-corrected chi connectivity index (χ1v) is 10.4. The van der Waals surface area contributed by atoms with Crippen LogP contribution in [0.1, 0.15) is 49.2 Å². The van der Waals surface area contributed by atoms with Crippen LogP contribution >= 0.6 is 0 Å². The molecule has 30 heavy (non-hydrogen) atoms. The number of hydrogen-bond acceptors (Lipinski definition) is 6. The Balaban J connectivity index is 1.74. The molecule has 0 aliphatic carbocycles. The molecule has 2 N–H and O–H groups in total. The van der Waals surface area contributed by atoms with Gasteiger partial charge in [-0.3, -0.25) is 4.79 Å². The molecular formula is C23H27FN4O2. The van der Waals surface area contributed by atoms with E-state index in [1.165, 1.54) is 12.1 Å². The first kappa shape index (κ1) is 20.5. The van der Waals surface area contributed by atoms with Crippen LogP contribution in [0.2, 0.25) is 0 Å². The smallest absolute Gasteiger partial charge is 0.168 e. The predicted molar refractivity (Wildman–Crippen MR) is 116 cm³/mol. The minimum Gasteiger partial charge on any atom is -0.375 e. The predicted octanol–water partition coefficient (Wildman–Crippen LogP) is 4.56. The number of ether oxygens (including phenoxy) is 1. The highest BCUT2D eigenvalue weighted by Gasteiger charge is 2.41. The highest BCUT2D eigenvalue weighted by molar-refractivity contribution is 6.09. The van der Waals surface area contributed by atoms with Gasteiger partial charge in [-0.25, -0.2) is 9.37 Å². The first-order valence-electron chi connectivity index (χ1n) is 10.4. The van der Waals surface area contributed by atoms with Gasteiger partial charge in [0.2, 0.25) is 0 Å². The zero-order chi connectivity index (χ0) is 21.3. The molecule has 158 valence electrons. The van der Waals surface area contributed by atoms with E-state index in [-0.39, 0.29) is 17.3 Å². The molecule has 0 saturated carbocycles. The largest absolute Gasteiger partial charge is 0.375 e. The van der Waals surface area contributed by atoms with Gasteiger partial charge in [-0.1, -0.05) is 13.8 Å². The molecule has 6 nitrogen and oxygen atoms in total. The Morgan fingerprint density at radius 1 is 1.27 bits per heavy atom. The van der Waals surface area contributed by atoms with Gasteiger partial charge in [-0.05, 0) is 55.5 Å². The molecule has 2 aromatic rings. The van der Waals surface area contributed by atoms with Crippen molar-refractivity contribution in [3.05, 3.63) is 47.4 Å². The minimum absolute atomic E-state index is 0.0118. The number of carbonyl (C=O) groups excluding carboxylic acids is 1. The van der Waals surface area contributed by atoms with Crippen LogP contribution in [0.3, 0.4) is 0 Å². The lowest BCUT2D eigenvalue weighted by Gasteiger charge is -2.48. The third kappa shape index (κ3) is 3.94. The quantitative estimate of drug-likeness (QED) is 0.539. The Kier molecular flexibility index (Phi) is 5.56. The number of halogens is 1. The lowest BCUT2D eigenvalue weighted by molar-refractivity contribution is -0.158. The average molecular weight is 410 g/mol. The molecule has 0 atom stereocenters. The Hall–Kier alpha value is -2.80. The molecule has 2 fully saturated rings. The van der Waals surface area contributed by atoms with Crippen LogP contribution in [-0.2, 0) is 4.74 Å². The van der Waals surface area contributed by atoms with Crippen LogP contribution in [0.5, 0.6) is 0 Å². The van der Waals surface area contributed by atoms with Crippen molar-refractivity contribution in [2.24, 2.45) is 5.92 Å². The maximum atomic E-state index is 13.3. The third-order valence-electron chi connectivity index (χ3n) is 6.07. The second kappa shape index (κ2) is 8.14. The molecule has 1 aromatic carbocycles. The molecule has 4 rings (SSSR count). The van der Waals surface area contributed by atoms with Crippen molar-refractivity contribution < 1.29 is 13.9 Å². The van der Waals surface area contributed by atoms with Gasteiger partial charge >= 0.3 is 0 Å². The van der Waals surface area contributed by atoms with Crippen molar-refractivity contribution >= 4 is 29.2 Å². The van der Waals surface area contributed by atoms with E-state index >= 15 is 0 Å². The number of aldehydes is 1. The van der Waals surface area contributed by atoms with Crippen molar-refractivity contribution in [2.45, 2.75) is 38.7 Å². The van der Waals surface area contributed by atoms with Crippen LogP contribution in [0.25, 0.3) is 0 Å². The Labute approximate surface area is 176 Å². The SMILES string of the molecule is CC(C)C(=N)c1c(N2CCC3(CCO3)CC2)cc(C=O)nc1Nc1ccc(F)cc1. The number of pyridine rings is 1. The molecule has 3 heterocycles. The number of hydrogen-bond donors (Lipinski definition) is 2. The summed E-state index contributed by atoms with van der Waals surface area (Å²) in [5.74, 6) is 0.0963. The van der Waals surface area contributed by atoms with Gasteiger partial charge in [0.15, 0.2) is 6.29 Å². The standard InChI is InChI=1S/C23H27FN4O2/c1-15(2)21(25)20-19(28-10-7-23(8-11-28)9-12-30-23)13-18(14-29)27-22(20)26-17-5-3-16(24)4-6-17/h3-6,13-15,25H,7-12H2,1-2H3,(H,26,27). The number of nitrogens with zero attached hydrogens (tertiary/aromatic N) is 2. The van der Waals surface area contributed by atoms with Crippen molar-refractivity contribution in [2.75, 3.05) is 29.9 Å². The van der Waals surface area contributed by atoms with Gasteiger partial charge in [0.05, 0.1) is 23.5 Å². The Morgan fingerprint density at radius 3 is 2.47 bits per heavy atom. The summed E-state index contributed by atoms with van der Waals surface area (Å²) in [6, 6.07) is 7.73. The summed E-state index contributed by atoms with van der Waals surface area (Å²) in [7, 11) is 0. The van der Waals surface area contributed by atoms with Gasteiger partial charge in [0.25, 0.3) is 0 Å². The lowest BCUT2D eigenvalue weighted by Crippen LogP contribution is -2.52. The fraction of sp³-hybridized carbons (Fsp3) is 0.435. The van der Waals surface area contributed by atoms with E-state index < -0.39 is 0 Å². The zero-order valence-electron chi connectivity index (χ0n) is 17.4. The molecule has 2 saturated heterocycles. The maximum Gasteiger partial charge on any atom is 0.168 e. The summed E-state index contributed by atoms with van der Waals surface area (Å²) in [4.78, 5) is 18.3. The Bertz CT molecular complexity index is 944. The van der Waals surface area contributed by atoms with E-state index in [0.29, 0.717) is 28.5 Å². The molecule has 1 spiro atoms. The summed E-state index contributed by atoms with van der Waals surface area (Å²) in [5.41, 5.74) is 2.93. The highest BCUT2D eigenvalue weighted by atomic mass is 19.1. The summed E-state index contributed by atoms with van der Waals surface area (Å²) >= 11 is 0. The monoisotopic (exact) mass is 410 g/mol. The summed E-state index contributed by atoms with van der Waals surface area (Å²) in [6.45, 7) is 6.37. The molecule has 0 radical (unpaired) electrons. The van der Waals surface area contributed by atoms with Crippen LogP contribution in [0.4, 0.5) is 21.6 Å². The van der Waals surface area contributed by atoms with Crippen molar-refractivity contribution in [1.29, 1.82) is 5.41 Å². The van der Waals surface area contributed by atoms with E-state index in [9.17, 15) is 9.18 Å². The molecule has 2 aliphatic rings. The summed E-state index contributed by atoms with van der Waals surface area (Å²) in [6.07, 6.45) is 3.69. The fourth-order valence-corrected chi connectivity index (χ4v) is 4.12. The summed E-state index contributed by atoms with van der Waals surface area (Å²) in [5, 5.41) is 12.0. The van der Waals surface area contributed by atoms with Crippen LogP contribution in [-0.4, -0.2) is 42.3 Å². The second-order valence-corrected chi connectivity index (χ2v) is 8.38. The van der Waals surface area contributed by atoms with Crippen molar-refractivity contribution in [3.63, 3.8) is 0 Å². The molecule has 0 bridgehead atoms. The maximum absolute atomic E-state index is 13.3. The molecule has 2 aliphatic heterocycles. The van der Waals surface area contributed by atoms with Crippen LogP contribution < -0.4 is 10.2 Å². The van der Waals surface area contributed by atoms with E-state index in [2.05, 4.69) is 15.2 Å². The number of nitrogens with one attached hydrogen (secondary N) is 2. The molecule has 1 aromatic heterocycles. The normalized spacial score (nSPS) is 17.7. The third-order valence-corrected chi connectivity index (χ3v) is 6.07. The number of anilines is 3. The van der Waals surface area contributed by atoms with Crippen molar-refractivity contribution in [3.8, 4) is 0 Å². The second-order valence-electron chi connectivity index (χ2n) is 8.38. The van der Waals surface area contributed by atoms with E-state index in [4.69, 9.17) is 10.1 Å². The first-order chi connectivity index (χ1) is 14.4. The zero-order valence-corrected chi connectivity index (χ0v) is 17.4. The van der Waals surface area contributed by atoms with Gasteiger partial charge in [-0.15, -0.1) is 0 Å². The summed E-state index contributed by atoms with van der Waals surface area (Å²) < 4.78 is 19.2. The van der Waals surface area contributed by atoms with E-state index in [1.807, 2.05) is 13.8 Å². The number of carbonyl (C=O) groups is 1. The number of piperidine rings is 1. The molecular weight excluding hydrogens is 383 g/mol. The number of aromatic nitrogens is 1. The molecule has 0 amide bonds. The Morgan fingerprint density at radius 2 is 1.93 bits per heavy atom.